The van der Waals surface area contributed by atoms with E-state index in [4.69, 9.17) is 4.74 Å². The fourth-order valence-corrected chi connectivity index (χ4v) is 7.70. The van der Waals surface area contributed by atoms with E-state index in [1.54, 1.807) is 6.07 Å². The second-order valence-electron chi connectivity index (χ2n) is 13.8. The van der Waals surface area contributed by atoms with Crippen LogP contribution in [-0.2, 0) is 23.2 Å². The van der Waals surface area contributed by atoms with Gasteiger partial charge in [0.05, 0.1) is 11.5 Å². The van der Waals surface area contributed by atoms with Gasteiger partial charge in [0.1, 0.15) is 15.9 Å². The molecule has 0 amide bonds. The molecule has 0 saturated carbocycles. The predicted octanol–water partition coefficient (Wildman–Crippen LogP) is 7.39. The van der Waals surface area contributed by atoms with Gasteiger partial charge in [-0.2, -0.15) is 30.3 Å². The van der Waals surface area contributed by atoms with Gasteiger partial charge in [0.15, 0.2) is 0 Å². The summed E-state index contributed by atoms with van der Waals surface area (Å²) in [6.07, 6.45) is 0. The Kier molecular flexibility index (Phi) is 14.8. The third kappa shape index (κ3) is 10.6. The number of hydrogen-bond donors (Lipinski definition) is 1. The molecule has 0 aliphatic rings. The van der Waals surface area contributed by atoms with Crippen LogP contribution in [-0.4, -0.2) is 32.7 Å². The summed E-state index contributed by atoms with van der Waals surface area (Å²) >= 11 is 0. The van der Waals surface area contributed by atoms with Crippen LogP contribution >= 0.6 is 0 Å². The molecule has 6 aromatic carbocycles. The average Bonchev–Trinajstić information content (AvgIpc) is 3.19. The van der Waals surface area contributed by atoms with Crippen LogP contribution in [0.15, 0.2) is 138 Å². The Morgan fingerprint density at radius 1 is 0.696 bits per heavy atom. The summed E-state index contributed by atoms with van der Waals surface area (Å²) in [7, 11) is -4.54. The minimum atomic E-state index is -4.54. The summed E-state index contributed by atoms with van der Waals surface area (Å²) in [5.74, 6) is 0.816. The molecular formula is C47H49N3NaO4S-. The monoisotopic (exact) mass is 774 g/mol. The smallest absolute Gasteiger partial charge is 0.744 e. The Morgan fingerprint density at radius 3 is 1.75 bits per heavy atom. The van der Waals surface area contributed by atoms with Crippen molar-refractivity contribution < 1.29 is 47.3 Å². The van der Waals surface area contributed by atoms with Crippen molar-refractivity contribution in [1.29, 1.82) is 0 Å². The summed E-state index contributed by atoms with van der Waals surface area (Å²) in [6, 6.07) is 47.8. The van der Waals surface area contributed by atoms with E-state index in [-0.39, 0.29) is 40.4 Å². The van der Waals surface area contributed by atoms with E-state index >= 15 is 0 Å². The molecule has 1 N–H and O–H groups in total. The van der Waals surface area contributed by atoms with E-state index in [9.17, 15) is 13.0 Å². The van der Waals surface area contributed by atoms with Crippen LogP contribution in [0.5, 0.6) is 5.75 Å². The van der Waals surface area contributed by atoms with Gasteiger partial charge < -0.3 is 24.4 Å². The fourth-order valence-electron chi connectivity index (χ4n) is 7.15. The summed E-state index contributed by atoms with van der Waals surface area (Å²) in [6.45, 7) is 14.1. The van der Waals surface area contributed by atoms with Gasteiger partial charge in [-0.05, 0) is 147 Å². The minimum absolute atomic E-state index is 0. The van der Waals surface area contributed by atoms with Crippen molar-refractivity contribution in [1.82, 2.24) is 0 Å². The first-order valence-corrected chi connectivity index (χ1v) is 20.3. The number of aryl methyl sites for hydroxylation is 2. The van der Waals surface area contributed by atoms with Gasteiger partial charge in [0, 0.05) is 48.3 Å². The van der Waals surface area contributed by atoms with Gasteiger partial charge in [-0.15, -0.1) is 5.56 Å². The summed E-state index contributed by atoms with van der Waals surface area (Å²) in [5.41, 5.74) is 12.2. The molecule has 1 unspecified atom stereocenters. The molecule has 0 spiro atoms. The SMILES string of the molecule is CCOc1ccc(Nc2ccc(C(c3ccc(N(CC)Cc4c[c-]ccc4)cc3C)c3ccc(N(CC)Cc4cccc(S(=O)(=O)[O-])c4)cc3C)cc2)cc1.[Na+]. The third-order valence-electron chi connectivity index (χ3n) is 10.0. The largest absolute Gasteiger partial charge is 1.00 e. The normalized spacial score (nSPS) is 11.7. The van der Waals surface area contributed by atoms with Crippen LogP contribution in [0.4, 0.5) is 22.7 Å². The van der Waals surface area contributed by atoms with Gasteiger partial charge in [-0.1, -0.05) is 36.4 Å². The van der Waals surface area contributed by atoms with E-state index in [1.165, 1.54) is 45.6 Å². The molecule has 0 aliphatic carbocycles. The average molecular weight is 775 g/mol. The zero-order valence-electron chi connectivity index (χ0n) is 33.3. The second kappa shape index (κ2) is 19.5. The van der Waals surface area contributed by atoms with E-state index in [0.717, 1.165) is 47.0 Å². The molecular weight excluding hydrogens is 726 g/mol. The first-order valence-electron chi connectivity index (χ1n) is 18.9. The molecule has 0 fully saturated rings. The van der Waals surface area contributed by atoms with Crippen LogP contribution in [0.25, 0.3) is 0 Å². The van der Waals surface area contributed by atoms with E-state index in [0.29, 0.717) is 19.7 Å². The van der Waals surface area contributed by atoms with Crippen LogP contribution in [0, 0.1) is 19.9 Å². The van der Waals surface area contributed by atoms with Gasteiger partial charge in [-0.25, -0.2) is 8.42 Å². The first kappa shape index (κ1) is 42.6. The third-order valence-corrected chi connectivity index (χ3v) is 10.9. The van der Waals surface area contributed by atoms with Gasteiger partial charge in [-0.3, -0.25) is 0 Å². The zero-order valence-corrected chi connectivity index (χ0v) is 36.1. The number of rotatable bonds is 16. The van der Waals surface area contributed by atoms with E-state index in [1.807, 2.05) is 49.4 Å². The van der Waals surface area contributed by atoms with Crippen LogP contribution in [0.2, 0.25) is 0 Å². The number of anilines is 4. The summed E-state index contributed by atoms with van der Waals surface area (Å²) < 4.78 is 40.7. The molecule has 9 heteroatoms. The molecule has 0 radical (unpaired) electrons. The molecule has 56 heavy (non-hydrogen) atoms. The maximum Gasteiger partial charge on any atom is 1.00 e. The molecule has 0 bridgehead atoms. The van der Waals surface area contributed by atoms with Crippen LogP contribution < -0.4 is 49.4 Å². The molecule has 0 heterocycles. The maximum atomic E-state index is 11.7. The molecule has 0 saturated heterocycles. The number of ether oxygens (including phenoxy) is 1. The van der Waals surface area contributed by atoms with Gasteiger partial charge >= 0.3 is 29.6 Å². The molecule has 284 valence electrons. The molecule has 6 aromatic rings. The van der Waals surface area contributed by atoms with Crippen LogP contribution in [0.1, 0.15) is 65.6 Å². The van der Waals surface area contributed by atoms with E-state index in [2.05, 4.69) is 122 Å². The number of nitrogens with one attached hydrogen (secondary N) is 1. The Hall–Kier alpha value is -4.57. The van der Waals surface area contributed by atoms with Crippen molar-refractivity contribution in [2.75, 3.05) is 34.8 Å². The standard InChI is InChI=1S/C47H50N3O4S.Na/c1-6-49(32-36-13-10-9-11-14-36)41-23-27-45(34(4)29-41)47(38-17-19-39(20-18-38)48-40-21-25-43(26-22-40)54-8-3)46-28-24-42(30-35(46)5)50(7-2)33-37-15-12-16-44(31-37)55(51,52)53;/h9-10,12-31,47-48H,6-8,32-33H2,1-5H3,(H,51,52,53);/q-1;+1/p-1. The number of hydrogen-bond acceptors (Lipinski definition) is 7. The predicted molar refractivity (Wildman–Crippen MR) is 224 cm³/mol. The second-order valence-corrected chi connectivity index (χ2v) is 15.1. The first-order chi connectivity index (χ1) is 26.6. The zero-order chi connectivity index (χ0) is 39.0. The Labute approximate surface area is 355 Å². The quantitative estimate of drug-likeness (QED) is 0.0476. The maximum absolute atomic E-state index is 11.7. The van der Waals surface area contributed by atoms with Crippen molar-refractivity contribution >= 4 is 32.9 Å². The Morgan fingerprint density at radius 2 is 1.25 bits per heavy atom. The molecule has 0 aliphatic heterocycles. The van der Waals surface area contributed by atoms with Gasteiger partial charge in [0.25, 0.3) is 0 Å². The molecule has 7 nitrogen and oxygen atoms in total. The molecule has 1 atom stereocenters. The Balaban J connectivity index is 0.00000600. The minimum Gasteiger partial charge on any atom is -0.744 e. The molecule has 6 rings (SSSR count). The van der Waals surface area contributed by atoms with Crippen molar-refractivity contribution in [2.24, 2.45) is 0 Å². The van der Waals surface area contributed by atoms with Crippen molar-refractivity contribution in [3.8, 4) is 5.75 Å². The van der Waals surface area contributed by atoms with Crippen LogP contribution in [0.3, 0.4) is 0 Å². The number of nitrogens with zero attached hydrogens (tertiary/aromatic N) is 2. The summed E-state index contributed by atoms with van der Waals surface area (Å²) in [4.78, 5) is 4.36. The summed E-state index contributed by atoms with van der Waals surface area (Å²) in [5, 5.41) is 3.53. The van der Waals surface area contributed by atoms with Crippen molar-refractivity contribution in [3.05, 3.63) is 178 Å². The Bertz CT molecular complexity index is 2300. The van der Waals surface area contributed by atoms with Crippen molar-refractivity contribution in [2.45, 2.75) is 58.5 Å². The van der Waals surface area contributed by atoms with E-state index < -0.39 is 10.1 Å². The molecule has 0 aromatic heterocycles. The topological polar surface area (TPSA) is 84.9 Å². The number of benzene rings is 6. The van der Waals surface area contributed by atoms with Crippen molar-refractivity contribution in [3.63, 3.8) is 0 Å². The van der Waals surface area contributed by atoms with Gasteiger partial charge in [0.2, 0.25) is 0 Å². The fraction of sp³-hybridized carbons (Fsp3) is 0.234.